The zero-order chi connectivity index (χ0) is 9.56. The highest BCUT2D eigenvalue weighted by Crippen LogP contribution is 1.87. The standard InChI is InChI=1S/C7H15NO3Si/c1-6(2)7(9)8-5-12(10-3)11-4/h12H,1,5H2,2-4H3,(H,8,9). The van der Waals surface area contributed by atoms with E-state index in [1.807, 2.05) is 0 Å². The minimum absolute atomic E-state index is 0.151. The van der Waals surface area contributed by atoms with Crippen molar-refractivity contribution in [2.45, 2.75) is 6.92 Å². The van der Waals surface area contributed by atoms with Crippen LogP contribution in [0.5, 0.6) is 0 Å². The monoisotopic (exact) mass is 189 g/mol. The van der Waals surface area contributed by atoms with Crippen molar-refractivity contribution in [3.63, 3.8) is 0 Å². The molecule has 0 bridgehead atoms. The summed E-state index contributed by atoms with van der Waals surface area (Å²) in [6.45, 7) is 5.16. The Hall–Kier alpha value is -0.653. The van der Waals surface area contributed by atoms with Crippen LogP contribution in [-0.2, 0) is 13.6 Å². The smallest absolute Gasteiger partial charge is 0.340 e. The van der Waals surface area contributed by atoms with Crippen LogP contribution < -0.4 is 5.32 Å². The molecular formula is C7H15NO3Si. The molecule has 0 radical (unpaired) electrons. The van der Waals surface area contributed by atoms with Crippen molar-refractivity contribution in [1.29, 1.82) is 0 Å². The van der Waals surface area contributed by atoms with E-state index in [9.17, 15) is 4.79 Å². The Morgan fingerprint density at radius 2 is 2.00 bits per heavy atom. The Labute approximate surface area is 74.4 Å². The first-order valence-corrected chi connectivity index (χ1v) is 5.37. The first-order chi connectivity index (χ1) is 5.61. The van der Waals surface area contributed by atoms with Crippen LogP contribution in [0.2, 0.25) is 0 Å². The third-order valence-electron chi connectivity index (χ3n) is 1.34. The van der Waals surface area contributed by atoms with E-state index in [2.05, 4.69) is 11.9 Å². The minimum Gasteiger partial charge on any atom is -0.399 e. The maximum atomic E-state index is 11.0. The molecule has 12 heavy (non-hydrogen) atoms. The number of nitrogens with one attached hydrogen (secondary N) is 1. The predicted octanol–water partition coefficient (Wildman–Crippen LogP) is -0.269. The number of amides is 1. The van der Waals surface area contributed by atoms with Crippen molar-refractivity contribution in [1.82, 2.24) is 5.32 Å². The van der Waals surface area contributed by atoms with E-state index in [-0.39, 0.29) is 5.91 Å². The van der Waals surface area contributed by atoms with Gasteiger partial charge < -0.3 is 14.2 Å². The van der Waals surface area contributed by atoms with Crippen molar-refractivity contribution in [2.24, 2.45) is 0 Å². The van der Waals surface area contributed by atoms with E-state index in [0.717, 1.165) is 0 Å². The quantitative estimate of drug-likeness (QED) is 0.478. The van der Waals surface area contributed by atoms with Gasteiger partial charge in [0.15, 0.2) is 0 Å². The summed E-state index contributed by atoms with van der Waals surface area (Å²) in [5.74, 6) is -0.151. The lowest BCUT2D eigenvalue weighted by molar-refractivity contribution is -0.117. The molecule has 0 aliphatic carbocycles. The van der Waals surface area contributed by atoms with Crippen LogP contribution in [0.3, 0.4) is 0 Å². The number of hydrogen-bond acceptors (Lipinski definition) is 3. The Morgan fingerprint density at radius 1 is 1.50 bits per heavy atom. The van der Waals surface area contributed by atoms with E-state index in [1.54, 1.807) is 21.1 Å². The predicted molar refractivity (Wildman–Crippen MR) is 49.0 cm³/mol. The first-order valence-electron chi connectivity index (χ1n) is 3.61. The molecule has 5 heteroatoms. The molecule has 0 aromatic rings. The van der Waals surface area contributed by atoms with Crippen LogP contribution in [0.25, 0.3) is 0 Å². The lowest BCUT2D eigenvalue weighted by Crippen LogP contribution is -2.37. The molecule has 1 N–H and O–H groups in total. The van der Waals surface area contributed by atoms with Gasteiger partial charge in [0.2, 0.25) is 5.91 Å². The molecular weight excluding hydrogens is 174 g/mol. The molecule has 4 nitrogen and oxygen atoms in total. The molecule has 0 spiro atoms. The summed E-state index contributed by atoms with van der Waals surface area (Å²) in [5.41, 5.74) is 0.495. The number of carbonyl (C=O) groups excluding carboxylic acids is 1. The van der Waals surface area contributed by atoms with Crippen LogP contribution in [0.15, 0.2) is 12.2 Å². The summed E-state index contributed by atoms with van der Waals surface area (Å²) in [6, 6.07) is 0. The third-order valence-corrected chi connectivity index (χ3v) is 2.93. The third kappa shape index (κ3) is 4.27. The highest BCUT2D eigenvalue weighted by atomic mass is 28.3. The van der Waals surface area contributed by atoms with Gasteiger partial charge in [-0.1, -0.05) is 6.58 Å². The maximum absolute atomic E-state index is 11.0. The van der Waals surface area contributed by atoms with E-state index in [1.165, 1.54) is 0 Å². The second-order valence-electron chi connectivity index (χ2n) is 2.39. The molecule has 0 aliphatic heterocycles. The molecule has 1 amide bonds. The number of hydrogen-bond donors (Lipinski definition) is 1. The fourth-order valence-electron chi connectivity index (χ4n) is 0.590. The summed E-state index contributed by atoms with van der Waals surface area (Å²) in [5, 5.41) is 2.66. The van der Waals surface area contributed by atoms with Gasteiger partial charge in [0.1, 0.15) is 0 Å². The van der Waals surface area contributed by atoms with Gasteiger partial charge in [-0.2, -0.15) is 0 Å². The second-order valence-corrected chi connectivity index (χ2v) is 4.60. The van der Waals surface area contributed by atoms with Crippen LogP contribution in [0.4, 0.5) is 0 Å². The van der Waals surface area contributed by atoms with Crippen molar-refractivity contribution < 1.29 is 13.6 Å². The minimum atomic E-state index is -1.66. The van der Waals surface area contributed by atoms with Gasteiger partial charge in [-0.05, 0) is 6.92 Å². The SMILES string of the molecule is C=C(C)C(=O)NC[SiH](OC)OC. The summed E-state index contributed by atoms with van der Waals surface area (Å²) < 4.78 is 10.0. The van der Waals surface area contributed by atoms with E-state index >= 15 is 0 Å². The second kappa shape index (κ2) is 5.93. The number of carbonyl (C=O) groups is 1. The molecule has 0 aliphatic rings. The molecule has 0 saturated heterocycles. The molecule has 0 aromatic heterocycles. The summed E-state index contributed by atoms with van der Waals surface area (Å²) in [7, 11) is 1.49. The van der Waals surface area contributed by atoms with Crippen molar-refractivity contribution in [3.8, 4) is 0 Å². The Bertz CT molecular complexity index is 168. The van der Waals surface area contributed by atoms with Crippen LogP contribution in [0, 0.1) is 0 Å². The van der Waals surface area contributed by atoms with Crippen molar-refractivity contribution in [2.75, 3.05) is 20.4 Å². The Balaban J connectivity index is 3.66. The number of rotatable bonds is 5. The molecule has 0 heterocycles. The summed E-state index contributed by atoms with van der Waals surface area (Å²) in [6.07, 6.45) is 0.471. The van der Waals surface area contributed by atoms with Gasteiger partial charge in [-0.25, -0.2) is 0 Å². The van der Waals surface area contributed by atoms with E-state index in [0.29, 0.717) is 11.7 Å². The summed E-state index contributed by atoms with van der Waals surface area (Å²) >= 11 is 0. The molecule has 70 valence electrons. The van der Waals surface area contributed by atoms with Crippen molar-refractivity contribution >= 4 is 15.2 Å². The zero-order valence-electron chi connectivity index (χ0n) is 7.72. The Morgan fingerprint density at radius 3 is 2.33 bits per heavy atom. The van der Waals surface area contributed by atoms with Gasteiger partial charge in [0, 0.05) is 19.8 Å². The molecule has 0 unspecified atom stereocenters. The lowest BCUT2D eigenvalue weighted by Gasteiger charge is -2.11. The van der Waals surface area contributed by atoms with E-state index < -0.39 is 9.28 Å². The fraction of sp³-hybridized carbons (Fsp3) is 0.571. The molecule has 0 atom stereocenters. The molecule has 0 rings (SSSR count). The molecule has 0 aromatic carbocycles. The largest absolute Gasteiger partial charge is 0.399 e. The molecule has 0 fully saturated rings. The lowest BCUT2D eigenvalue weighted by atomic mass is 10.3. The van der Waals surface area contributed by atoms with Gasteiger partial charge in [0.05, 0.1) is 6.17 Å². The Kier molecular flexibility index (Phi) is 5.61. The topological polar surface area (TPSA) is 47.6 Å². The van der Waals surface area contributed by atoms with Crippen molar-refractivity contribution in [3.05, 3.63) is 12.2 Å². The van der Waals surface area contributed by atoms with Crippen LogP contribution in [0.1, 0.15) is 6.92 Å². The molecule has 0 saturated carbocycles. The average Bonchev–Trinajstić information content (AvgIpc) is 2.05. The summed E-state index contributed by atoms with van der Waals surface area (Å²) in [4.78, 5) is 11.0. The fourth-order valence-corrected chi connectivity index (χ4v) is 1.47. The zero-order valence-corrected chi connectivity index (χ0v) is 8.87. The average molecular weight is 189 g/mol. The van der Waals surface area contributed by atoms with Gasteiger partial charge >= 0.3 is 9.28 Å². The highest BCUT2D eigenvalue weighted by molar-refractivity contribution is 6.44. The normalized spacial score (nSPS) is 10.0. The highest BCUT2D eigenvalue weighted by Gasteiger charge is 2.10. The van der Waals surface area contributed by atoms with E-state index in [4.69, 9.17) is 8.85 Å². The van der Waals surface area contributed by atoms with Gasteiger partial charge in [0.25, 0.3) is 0 Å². The van der Waals surface area contributed by atoms with Crippen LogP contribution in [-0.4, -0.2) is 35.6 Å². The van der Waals surface area contributed by atoms with Gasteiger partial charge in [-0.15, -0.1) is 0 Å². The van der Waals surface area contributed by atoms with Crippen LogP contribution >= 0.6 is 0 Å². The maximum Gasteiger partial charge on any atom is 0.340 e. The first kappa shape index (κ1) is 11.3. The van der Waals surface area contributed by atoms with Gasteiger partial charge in [-0.3, -0.25) is 4.79 Å².